The Morgan fingerprint density at radius 3 is 1.50 bits per heavy atom. The Morgan fingerprint density at radius 1 is 0.559 bits per heavy atom. The molecule has 200 valence electrons. The fraction of sp³-hybridized carbons (Fsp3) is 1.00. The van der Waals surface area contributed by atoms with E-state index in [-0.39, 0.29) is 0 Å². The Bertz CT molecular complexity index is 651. The van der Waals surface area contributed by atoms with Gasteiger partial charge >= 0.3 is 0 Å². The van der Waals surface area contributed by atoms with E-state index in [2.05, 4.69) is 0 Å². The maximum Gasteiger partial charge on any atom is 0.224 e. The third-order valence-corrected chi connectivity index (χ3v) is 6.17. The van der Waals surface area contributed by atoms with E-state index in [0.29, 0.717) is 0 Å². The van der Waals surface area contributed by atoms with E-state index >= 15 is 0 Å². The van der Waals surface area contributed by atoms with E-state index in [1.165, 1.54) is 0 Å². The number of ether oxygens (including phenoxy) is 5. The van der Waals surface area contributed by atoms with Crippen molar-refractivity contribution in [2.75, 3.05) is 26.4 Å². The quantitative estimate of drug-likeness (QED) is 0.146. The molecule has 0 radical (unpaired) electrons. The zero-order chi connectivity index (χ0) is 25.4. The van der Waals surface area contributed by atoms with Crippen LogP contribution in [-0.4, -0.2) is 168 Å². The zero-order valence-electron chi connectivity index (χ0n) is 17.8. The minimum Gasteiger partial charge on any atom is -0.394 e. The molecule has 16 nitrogen and oxygen atoms in total. The molecule has 0 spiro atoms. The highest BCUT2D eigenvalue weighted by molar-refractivity contribution is 5.01. The second-order valence-corrected chi connectivity index (χ2v) is 8.37. The van der Waals surface area contributed by atoms with Gasteiger partial charge in [-0.25, -0.2) is 0 Å². The molecule has 0 aromatic heterocycles. The highest BCUT2D eigenvalue weighted by Gasteiger charge is 2.61. The minimum atomic E-state index is -2.43. The number of hydrogen-bond acceptors (Lipinski definition) is 16. The Balaban J connectivity index is 1.87. The first-order valence-electron chi connectivity index (χ1n) is 10.6. The lowest BCUT2D eigenvalue weighted by atomic mass is 9.98. The van der Waals surface area contributed by atoms with Crippen molar-refractivity contribution in [3.63, 3.8) is 0 Å². The summed E-state index contributed by atoms with van der Waals surface area (Å²) in [7, 11) is 0. The zero-order valence-corrected chi connectivity index (χ0v) is 17.8. The SMILES string of the molecule is OC[C@@H]1O[C@H](O[C@@H]2[C@H](O)[C@@H](CO)O[C@]2(CO)O[C@@H]2O[C@H](CO)[C@@H](O)[C@H](O)[C@@H]2O)[C@@H](O)[C@@H](O)[C@@H]1O. The van der Waals surface area contributed by atoms with Gasteiger partial charge in [-0.05, 0) is 0 Å². The van der Waals surface area contributed by atoms with Crippen LogP contribution < -0.4 is 0 Å². The van der Waals surface area contributed by atoms with Crippen molar-refractivity contribution in [3.05, 3.63) is 0 Å². The van der Waals surface area contributed by atoms with Gasteiger partial charge in [0.15, 0.2) is 12.6 Å². The third kappa shape index (κ3) is 4.96. The van der Waals surface area contributed by atoms with Crippen LogP contribution in [0.15, 0.2) is 0 Å². The van der Waals surface area contributed by atoms with Gasteiger partial charge in [0.2, 0.25) is 5.79 Å². The number of aliphatic hydroxyl groups excluding tert-OH is 11. The van der Waals surface area contributed by atoms with Crippen LogP contribution in [0.25, 0.3) is 0 Å². The molecule has 3 aliphatic heterocycles. The average Bonchev–Trinajstić information content (AvgIpc) is 3.10. The van der Waals surface area contributed by atoms with Gasteiger partial charge in [0.25, 0.3) is 0 Å². The predicted molar refractivity (Wildman–Crippen MR) is 101 cm³/mol. The Labute approximate surface area is 192 Å². The third-order valence-electron chi connectivity index (χ3n) is 6.17. The summed E-state index contributed by atoms with van der Waals surface area (Å²) in [4.78, 5) is 0. The summed E-state index contributed by atoms with van der Waals surface area (Å²) in [6.45, 7) is -3.49. The molecule has 0 aromatic rings. The van der Waals surface area contributed by atoms with Crippen molar-refractivity contribution in [2.45, 2.75) is 85.5 Å². The first kappa shape index (κ1) is 27.9. The number of aliphatic hydroxyl groups is 11. The molecule has 34 heavy (non-hydrogen) atoms. The maximum absolute atomic E-state index is 10.6. The molecule has 3 fully saturated rings. The van der Waals surface area contributed by atoms with Crippen LogP contribution in [0.5, 0.6) is 0 Å². The summed E-state index contributed by atoms with van der Waals surface area (Å²) in [5, 5.41) is 109. The molecule has 0 aliphatic carbocycles. The van der Waals surface area contributed by atoms with E-state index < -0.39 is 112 Å². The van der Waals surface area contributed by atoms with Crippen molar-refractivity contribution < 1.29 is 79.9 Å². The molecule has 16 heteroatoms. The Hall–Kier alpha value is -0.640. The largest absolute Gasteiger partial charge is 0.394 e. The first-order valence-corrected chi connectivity index (χ1v) is 10.6. The molecule has 3 rings (SSSR count). The van der Waals surface area contributed by atoms with Gasteiger partial charge in [-0.3, -0.25) is 0 Å². The van der Waals surface area contributed by atoms with Crippen LogP contribution in [0, 0.1) is 0 Å². The standard InChI is InChI=1S/C18H32O16/c19-1-5-8(23)11(26)13(28)16(30-5)32-15-10(25)7(3-21)33-18(15,4-22)34-17-14(29)12(27)9(24)6(2-20)31-17/h5-17,19-29H,1-4H2/t5-,6+,7+,8+,9+,10+,11-,12-,13-,14-,15+,16+,17-,18+/m0/s1. The van der Waals surface area contributed by atoms with Crippen LogP contribution in [0.1, 0.15) is 0 Å². The molecule has 0 unspecified atom stereocenters. The molecule has 14 atom stereocenters. The van der Waals surface area contributed by atoms with Crippen molar-refractivity contribution in [1.82, 2.24) is 0 Å². The topological polar surface area (TPSA) is 269 Å². The minimum absolute atomic E-state index is 0.777. The summed E-state index contributed by atoms with van der Waals surface area (Å²) < 4.78 is 27.0. The van der Waals surface area contributed by atoms with Crippen molar-refractivity contribution >= 4 is 0 Å². The molecule has 11 N–H and O–H groups in total. The lowest BCUT2D eigenvalue weighted by Crippen LogP contribution is -2.64. The van der Waals surface area contributed by atoms with Crippen LogP contribution in [-0.2, 0) is 23.7 Å². The molecule has 3 saturated heterocycles. The second-order valence-electron chi connectivity index (χ2n) is 8.37. The van der Waals surface area contributed by atoms with Gasteiger partial charge in [-0.15, -0.1) is 0 Å². The molecule has 0 aromatic carbocycles. The van der Waals surface area contributed by atoms with E-state index in [4.69, 9.17) is 23.7 Å². The summed E-state index contributed by atoms with van der Waals surface area (Å²) in [5.74, 6) is -2.43. The second kappa shape index (κ2) is 11.2. The van der Waals surface area contributed by atoms with Gasteiger partial charge in [0.05, 0.1) is 19.8 Å². The summed E-state index contributed by atoms with van der Waals surface area (Å²) >= 11 is 0. The van der Waals surface area contributed by atoms with E-state index in [0.717, 1.165) is 0 Å². The molecular weight excluding hydrogens is 472 g/mol. The molecule has 0 amide bonds. The lowest BCUT2D eigenvalue weighted by molar-refractivity contribution is -0.400. The average molecular weight is 504 g/mol. The molecule has 0 saturated carbocycles. The van der Waals surface area contributed by atoms with E-state index in [1.54, 1.807) is 0 Å². The highest BCUT2D eigenvalue weighted by atomic mass is 16.8. The number of rotatable bonds is 8. The fourth-order valence-electron chi connectivity index (χ4n) is 4.12. The van der Waals surface area contributed by atoms with Crippen LogP contribution in [0.4, 0.5) is 0 Å². The van der Waals surface area contributed by atoms with Gasteiger partial charge in [0.1, 0.15) is 73.8 Å². The maximum atomic E-state index is 10.6. The van der Waals surface area contributed by atoms with Crippen LogP contribution >= 0.6 is 0 Å². The monoisotopic (exact) mass is 504 g/mol. The van der Waals surface area contributed by atoms with Gasteiger partial charge in [-0.1, -0.05) is 0 Å². The van der Waals surface area contributed by atoms with Crippen molar-refractivity contribution in [2.24, 2.45) is 0 Å². The molecular formula is C18H32O16. The first-order chi connectivity index (χ1) is 16.0. The van der Waals surface area contributed by atoms with E-state index in [1.807, 2.05) is 0 Å². The summed E-state index contributed by atoms with van der Waals surface area (Å²) in [6.07, 6.45) is -22.3. The summed E-state index contributed by atoms with van der Waals surface area (Å²) in [6, 6.07) is 0. The number of hydrogen-bond donors (Lipinski definition) is 11. The molecule has 0 bridgehead atoms. The summed E-state index contributed by atoms with van der Waals surface area (Å²) in [5.41, 5.74) is 0. The highest BCUT2D eigenvalue weighted by Crippen LogP contribution is 2.39. The van der Waals surface area contributed by atoms with Crippen LogP contribution in [0.2, 0.25) is 0 Å². The smallest absolute Gasteiger partial charge is 0.224 e. The lowest BCUT2D eigenvalue weighted by Gasteiger charge is -2.45. The Morgan fingerprint density at radius 2 is 1.03 bits per heavy atom. The fourth-order valence-corrected chi connectivity index (χ4v) is 4.12. The van der Waals surface area contributed by atoms with E-state index in [9.17, 15) is 56.2 Å². The van der Waals surface area contributed by atoms with Gasteiger partial charge in [0, 0.05) is 0 Å². The van der Waals surface area contributed by atoms with Gasteiger partial charge < -0.3 is 79.9 Å². The van der Waals surface area contributed by atoms with Gasteiger partial charge in [-0.2, -0.15) is 0 Å². The van der Waals surface area contributed by atoms with Crippen molar-refractivity contribution in [1.29, 1.82) is 0 Å². The van der Waals surface area contributed by atoms with Crippen LogP contribution in [0.3, 0.4) is 0 Å². The molecule has 3 heterocycles. The Kier molecular flexibility index (Phi) is 9.18. The predicted octanol–water partition coefficient (Wildman–Crippen LogP) is -7.57. The van der Waals surface area contributed by atoms with Crippen molar-refractivity contribution in [3.8, 4) is 0 Å². The molecule has 3 aliphatic rings. The normalized spacial score (nSPS) is 52.1.